The minimum Gasteiger partial charge on any atom is -0.392 e. The van der Waals surface area contributed by atoms with Crippen LogP contribution in [0.25, 0.3) is 0 Å². The van der Waals surface area contributed by atoms with E-state index >= 15 is 0 Å². The molecule has 0 aromatic rings. The minimum atomic E-state index is -0.133. The maximum absolute atomic E-state index is 9.90. The summed E-state index contributed by atoms with van der Waals surface area (Å²) in [6.45, 7) is 6.33. The Hall–Kier alpha value is -0.120. The van der Waals surface area contributed by atoms with Gasteiger partial charge < -0.3 is 15.2 Å². The highest BCUT2D eigenvalue weighted by Gasteiger charge is 2.35. The number of hydrogen-bond acceptors (Lipinski definition) is 3. The quantitative estimate of drug-likeness (QED) is 0.796. The maximum Gasteiger partial charge on any atom is 0.0693 e. The van der Waals surface area contributed by atoms with Crippen LogP contribution in [0.15, 0.2) is 0 Å². The fourth-order valence-electron chi connectivity index (χ4n) is 2.91. The smallest absolute Gasteiger partial charge is 0.0693 e. The van der Waals surface area contributed by atoms with E-state index in [0.29, 0.717) is 18.2 Å². The van der Waals surface area contributed by atoms with Crippen LogP contribution in [0.1, 0.15) is 59.3 Å². The molecule has 2 aliphatic rings. The first-order valence-corrected chi connectivity index (χ1v) is 7.06. The lowest BCUT2D eigenvalue weighted by Gasteiger charge is -2.42. The zero-order valence-electron chi connectivity index (χ0n) is 11.4. The van der Waals surface area contributed by atoms with E-state index in [4.69, 9.17) is 4.74 Å². The van der Waals surface area contributed by atoms with Crippen molar-refractivity contribution in [2.45, 2.75) is 89.2 Å². The van der Waals surface area contributed by atoms with E-state index in [1.165, 1.54) is 12.8 Å². The van der Waals surface area contributed by atoms with Crippen LogP contribution in [0.2, 0.25) is 0 Å². The van der Waals surface area contributed by atoms with Crippen molar-refractivity contribution in [3.05, 3.63) is 0 Å². The molecule has 2 unspecified atom stereocenters. The molecule has 0 spiro atoms. The first kappa shape index (κ1) is 13.3. The van der Waals surface area contributed by atoms with Gasteiger partial charge in [0.05, 0.1) is 17.8 Å². The van der Waals surface area contributed by atoms with Gasteiger partial charge in [0, 0.05) is 12.1 Å². The van der Waals surface area contributed by atoms with E-state index in [2.05, 4.69) is 26.1 Å². The molecule has 2 saturated carbocycles. The topological polar surface area (TPSA) is 41.5 Å². The Morgan fingerprint density at radius 3 is 2.35 bits per heavy atom. The first-order valence-electron chi connectivity index (χ1n) is 7.06. The molecule has 0 amide bonds. The molecule has 2 aliphatic carbocycles. The summed E-state index contributed by atoms with van der Waals surface area (Å²) < 4.78 is 5.92. The monoisotopic (exact) mass is 241 g/mol. The van der Waals surface area contributed by atoms with Crippen molar-refractivity contribution >= 4 is 0 Å². The van der Waals surface area contributed by atoms with Gasteiger partial charge in [-0.2, -0.15) is 0 Å². The number of ether oxygens (including phenoxy) is 1. The largest absolute Gasteiger partial charge is 0.392 e. The highest BCUT2D eigenvalue weighted by molar-refractivity contribution is 4.92. The van der Waals surface area contributed by atoms with Crippen molar-refractivity contribution in [1.29, 1.82) is 0 Å². The molecule has 0 saturated heterocycles. The molecule has 0 radical (unpaired) electrons. The Balaban J connectivity index is 1.66. The van der Waals surface area contributed by atoms with Crippen molar-refractivity contribution in [3.63, 3.8) is 0 Å². The van der Waals surface area contributed by atoms with Crippen molar-refractivity contribution in [3.8, 4) is 0 Å². The molecule has 0 aromatic heterocycles. The Kier molecular flexibility index (Phi) is 4.11. The van der Waals surface area contributed by atoms with E-state index in [1.54, 1.807) is 0 Å². The van der Waals surface area contributed by atoms with Crippen LogP contribution in [0, 0.1) is 0 Å². The highest BCUT2D eigenvalue weighted by atomic mass is 16.5. The zero-order chi connectivity index (χ0) is 12.5. The average Bonchev–Trinajstić information content (AvgIpc) is 2.16. The second-order valence-electron chi connectivity index (χ2n) is 6.65. The van der Waals surface area contributed by atoms with E-state index in [9.17, 15) is 5.11 Å². The third-order valence-corrected chi connectivity index (χ3v) is 3.79. The Morgan fingerprint density at radius 1 is 1.12 bits per heavy atom. The van der Waals surface area contributed by atoms with Crippen molar-refractivity contribution in [2.75, 3.05) is 0 Å². The summed E-state index contributed by atoms with van der Waals surface area (Å²) in [4.78, 5) is 0. The Labute approximate surface area is 105 Å². The van der Waals surface area contributed by atoms with Gasteiger partial charge in [0.15, 0.2) is 0 Å². The van der Waals surface area contributed by atoms with Gasteiger partial charge >= 0.3 is 0 Å². The molecule has 2 fully saturated rings. The summed E-state index contributed by atoms with van der Waals surface area (Å²) >= 11 is 0. The molecule has 0 bridgehead atoms. The number of rotatable bonds is 3. The maximum atomic E-state index is 9.90. The van der Waals surface area contributed by atoms with E-state index in [1.807, 2.05) is 0 Å². The third-order valence-electron chi connectivity index (χ3n) is 3.79. The van der Waals surface area contributed by atoms with Crippen molar-refractivity contribution in [2.24, 2.45) is 0 Å². The molecule has 0 heterocycles. The van der Waals surface area contributed by atoms with Gasteiger partial charge in [0.25, 0.3) is 0 Å². The van der Waals surface area contributed by atoms with Gasteiger partial charge in [-0.15, -0.1) is 0 Å². The third kappa shape index (κ3) is 3.94. The van der Waals surface area contributed by atoms with Crippen LogP contribution in [0.3, 0.4) is 0 Å². The fraction of sp³-hybridized carbons (Fsp3) is 1.00. The highest BCUT2D eigenvalue weighted by Crippen LogP contribution is 2.29. The summed E-state index contributed by atoms with van der Waals surface area (Å²) in [5.41, 5.74) is -0.0278. The summed E-state index contributed by atoms with van der Waals surface area (Å²) in [6.07, 6.45) is 7.00. The minimum absolute atomic E-state index is 0.0278. The Bertz CT molecular complexity index is 243. The molecule has 100 valence electrons. The standard InChI is InChI=1S/C14H27NO2/c1-14(2,3)17-11-8-10(9-11)15-12-6-4-5-7-13(12)16/h10-13,15-16H,4-9H2,1-3H3. The lowest BCUT2D eigenvalue weighted by atomic mass is 9.85. The Morgan fingerprint density at radius 2 is 1.76 bits per heavy atom. The predicted molar refractivity (Wildman–Crippen MR) is 69.0 cm³/mol. The predicted octanol–water partition coefficient (Wildman–Crippen LogP) is 2.23. The molecular weight excluding hydrogens is 214 g/mol. The number of aliphatic hydroxyl groups excluding tert-OH is 1. The molecule has 0 aromatic carbocycles. The van der Waals surface area contributed by atoms with Crippen molar-refractivity contribution < 1.29 is 9.84 Å². The van der Waals surface area contributed by atoms with Crippen LogP contribution < -0.4 is 5.32 Å². The van der Waals surface area contributed by atoms with Gasteiger partial charge in [0.2, 0.25) is 0 Å². The average molecular weight is 241 g/mol. The number of aliphatic hydroxyl groups is 1. The lowest BCUT2D eigenvalue weighted by Crippen LogP contribution is -2.54. The summed E-state index contributed by atoms with van der Waals surface area (Å²) in [7, 11) is 0. The normalized spacial score (nSPS) is 38.8. The second kappa shape index (κ2) is 5.25. The van der Waals surface area contributed by atoms with Gasteiger partial charge in [0.1, 0.15) is 0 Å². The van der Waals surface area contributed by atoms with Gasteiger partial charge in [-0.05, 0) is 46.5 Å². The van der Waals surface area contributed by atoms with E-state index in [0.717, 1.165) is 25.7 Å². The van der Waals surface area contributed by atoms with Gasteiger partial charge in [-0.3, -0.25) is 0 Å². The van der Waals surface area contributed by atoms with Crippen LogP contribution >= 0.6 is 0 Å². The van der Waals surface area contributed by atoms with Gasteiger partial charge in [-0.1, -0.05) is 12.8 Å². The molecule has 2 atom stereocenters. The van der Waals surface area contributed by atoms with Crippen LogP contribution in [0.4, 0.5) is 0 Å². The summed E-state index contributed by atoms with van der Waals surface area (Å²) in [6, 6.07) is 0.879. The number of nitrogens with one attached hydrogen (secondary N) is 1. The molecule has 0 aliphatic heterocycles. The van der Waals surface area contributed by atoms with Crippen molar-refractivity contribution in [1.82, 2.24) is 5.32 Å². The molecule has 2 rings (SSSR count). The fourth-order valence-corrected chi connectivity index (χ4v) is 2.91. The lowest BCUT2D eigenvalue weighted by molar-refractivity contribution is -0.105. The molecule has 17 heavy (non-hydrogen) atoms. The summed E-state index contributed by atoms with van der Waals surface area (Å²) in [5, 5.41) is 13.5. The van der Waals surface area contributed by atoms with Crippen LogP contribution in [-0.4, -0.2) is 35.0 Å². The van der Waals surface area contributed by atoms with Crippen LogP contribution in [-0.2, 0) is 4.74 Å². The van der Waals surface area contributed by atoms with E-state index < -0.39 is 0 Å². The number of hydrogen-bond donors (Lipinski definition) is 2. The zero-order valence-corrected chi connectivity index (χ0v) is 11.4. The van der Waals surface area contributed by atoms with Crippen LogP contribution in [0.5, 0.6) is 0 Å². The molecule has 2 N–H and O–H groups in total. The molecule has 3 nitrogen and oxygen atoms in total. The second-order valence-corrected chi connectivity index (χ2v) is 6.65. The molecular formula is C14H27NO2. The summed E-state index contributed by atoms with van der Waals surface area (Å²) in [5.74, 6) is 0. The molecule has 3 heteroatoms. The first-order chi connectivity index (χ1) is 7.94. The SMILES string of the molecule is CC(C)(C)OC1CC(NC2CCCCC2O)C1. The van der Waals surface area contributed by atoms with E-state index in [-0.39, 0.29) is 11.7 Å². The van der Waals surface area contributed by atoms with Gasteiger partial charge in [-0.25, -0.2) is 0 Å².